The zero-order chi connectivity index (χ0) is 14.2. The number of nitrogens with zero attached hydrogens (tertiary/aromatic N) is 1. The minimum atomic E-state index is -3.75. The third kappa shape index (κ3) is 2.98. The average molecular weight is 302 g/mol. The molecule has 0 aromatic carbocycles. The molecule has 1 amide bonds. The number of piperidine rings is 1. The van der Waals surface area contributed by atoms with Gasteiger partial charge in [-0.15, -0.1) is 11.3 Å². The first kappa shape index (κ1) is 14.5. The highest BCUT2D eigenvalue weighted by Gasteiger charge is 2.27. The van der Waals surface area contributed by atoms with Crippen LogP contribution in [0.3, 0.4) is 0 Å². The zero-order valence-corrected chi connectivity index (χ0v) is 12.7. The van der Waals surface area contributed by atoms with Crippen LogP contribution in [-0.2, 0) is 10.0 Å². The largest absolute Gasteiger partial charge is 0.335 e. The molecule has 5 nitrogen and oxygen atoms in total. The number of hydrogen-bond donors (Lipinski definition) is 1. The van der Waals surface area contributed by atoms with Crippen LogP contribution in [0.25, 0.3) is 0 Å². The number of likely N-dealkylation sites (tertiary alicyclic amines) is 1. The molecule has 0 radical (unpaired) electrons. The third-order valence-corrected chi connectivity index (χ3v) is 5.66. The van der Waals surface area contributed by atoms with Gasteiger partial charge in [0.05, 0.1) is 9.77 Å². The van der Waals surface area contributed by atoms with Crippen molar-refractivity contribution in [2.75, 3.05) is 6.54 Å². The average Bonchev–Trinajstić information content (AvgIpc) is 2.71. The summed E-state index contributed by atoms with van der Waals surface area (Å²) in [6.45, 7) is 4.43. The van der Waals surface area contributed by atoms with Gasteiger partial charge < -0.3 is 4.90 Å². The summed E-state index contributed by atoms with van der Waals surface area (Å²) in [5, 5.41) is 5.13. The third-order valence-electron chi connectivity index (χ3n) is 3.45. The van der Waals surface area contributed by atoms with Gasteiger partial charge >= 0.3 is 0 Å². The molecule has 2 N–H and O–H groups in total. The van der Waals surface area contributed by atoms with E-state index in [4.69, 9.17) is 5.14 Å². The molecule has 2 rings (SSSR count). The number of thiophene rings is 1. The lowest BCUT2D eigenvalue weighted by atomic mass is 10.0. The Morgan fingerprint density at radius 3 is 2.68 bits per heavy atom. The van der Waals surface area contributed by atoms with Crippen LogP contribution >= 0.6 is 11.3 Å². The second kappa shape index (κ2) is 5.22. The van der Waals surface area contributed by atoms with Crippen molar-refractivity contribution in [3.8, 4) is 0 Å². The predicted molar refractivity (Wildman–Crippen MR) is 74.8 cm³/mol. The Bertz CT molecular complexity index is 592. The maximum atomic E-state index is 12.4. The van der Waals surface area contributed by atoms with Gasteiger partial charge in [0.2, 0.25) is 10.0 Å². The number of carbonyl (C=O) groups excluding carboxylic acids is 1. The van der Waals surface area contributed by atoms with E-state index in [-0.39, 0.29) is 16.8 Å². The maximum Gasteiger partial charge on any atom is 0.264 e. The van der Waals surface area contributed by atoms with Crippen molar-refractivity contribution in [1.29, 1.82) is 0 Å². The van der Waals surface area contributed by atoms with Crippen molar-refractivity contribution in [3.05, 3.63) is 15.8 Å². The summed E-state index contributed by atoms with van der Waals surface area (Å²) in [5.41, 5.74) is 0. The van der Waals surface area contributed by atoms with Crippen LogP contribution in [-0.4, -0.2) is 31.8 Å². The Hall–Kier alpha value is -0.920. The van der Waals surface area contributed by atoms with Gasteiger partial charge in [-0.1, -0.05) is 0 Å². The van der Waals surface area contributed by atoms with E-state index in [1.54, 1.807) is 6.92 Å². The van der Waals surface area contributed by atoms with E-state index < -0.39 is 10.0 Å². The lowest BCUT2D eigenvalue weighted by Crippen LogP contribution is -2.41. The molecule has 1 aliphatic rings. The first-order chi connectivity index (χ1) is 8.80. The first-order valence-electron chi connectivity index (χ1n) is 6.25. The molecular weight excluding hydrogens is 284 g/mol. The summed E-state index contributed by atoms with van der Waals surface area (Å²) in [7, 11) is -3.75. The van der Waals surface area contributed by atoms with E-state index in [0.29, 0.717) is 9.75 Å². The van der Waals surface area contributed by atoms with Crippen molar-refractivity contribution in [2.45, 2.75) is 44.0 Å². The molecule has 1 aromatic rings. The summed E-state index contributed by atoms with van der Waals surface area (Å²) in [5.74, 6) is -0.0878. The van der Waals surface area contributed by atoms with Crippen LogP contribution in [0.15, 0.2) is 11.0 Å². The van der Waals surface area contributed by atoms with Gasteiger partial charge in [-0.2, -0.15) is 0 Å². The number of hydrogen-bond acceptors (Lipinski definition) is 4. The van der Waals surface area contributed by atoms with Gasteiger partial charge in [0.15, 0.2) is 0 Å². The summed E-state index contributed by atoms with van der Waals surface area (Å²) < 4.78 is 22.8. The van der Waals surface area contributed by atoms with Gasteiger partial charge in [0.25, 0.3) is 5.91 Å². The molecule has 1 saturated heterocycles. The Morgan fingerprint density at radius 1 is 1.47 bits per heavy atom. The van der Waals surface area contributed by atoms with E-state index in [9.17, 15) is 13.2 Å². The number of nitrogens with two attached hydrogens (primary N) is 1. The highest BCUT2D eigenvalue weighted by Crippen LogP contribution is 2.28. The van der Waals surface area contributed by atoms with Crippen LogP contribution in [0.1, 0.15) is 40.7 Å². The lowest BCUT2D eigenvalue weighted by Gasteiger charge is -2.33. The van der Waals surface area contributed by atoms with Crippen molar-refractivity contribution >= 4 is 27.3 Å². The van der Waals surface area contributed by atoms with Gasteiger partial charge in [0, 0.05) is 17.5 Å². The molecule has 7 heteroatoms. The first-order valence-corrected chi connectivity index (χ1v) is 8.61. The molecule has 106 valence electrons. The van der Waals surface area contributed by atoms with E-state index >= 15 is 0 Å². The van der Waals surface area contributed by atoms with Crippen molar-refractivity contribution < 1.29 is 13.2 Å². The smallest absolute Gasteiger partial charge is 0.264 e. The minimum absolute atomic E-state index is 0.0607. The summed E-state index contributed by atoms with van der Waals surface area (Å²) >= 11 is 1.19. The molecule has 2 heterocycles. The molecule has 0 spiro atoms. The zero-order valence-electron chi connectivity index (χ0n) is 11.0. The summed E-state index contributed by atoms with van der Waals surface area (Å²) in [6, 6.07) is 1.61. The quantitative estimate of drug-likeness (QED) is 0.903. The van der Waals surface area contributed by atoms with Crippen LogP contribution in [0, 0.1) is 6.92 Å². The standard InChI is InChI=1S/C12H18N2O3S2/c1-8-5-3-4-6-14(8)12(15)10-7-11(9(2)18-10)19(13,16)17/h7-8H,3-6H2,1-2H3,(H2,13,16,17). The number of amides is 1. The monoisotopic (exact) mass is 302 g/mol. The van der Waals surface area contributed by atoms with Gasteiger partial charge in [0.1, 0.15) is 0 Å². The second-order valence-electron chi connectivity index (χ2n) is 4.92. The molecule has 1 aromatic heterocycles. The van der Waals surface area contributed by atoms with Crippen molar-refractivity contribution in [2.24, 2.45) is 5.14 Å². The van der Waals surface area contributed by atoms with E-state index in [1.807, 2.05) is 11.8 Å². The fourth-order valence-electron chi connectivity index (χ4n) is 2.39. The van der Waals surface area contributed by atoms with Crippen LogP contribution in [0.2, 0.25) is 0 Å². The molecule has 1 aliphatic heterocycles. The number of carbonyl (C=O) groups is 1. The Balaban J connectivity index is 2.30. The SMILES string of the molecule is Cc1sc(C(=O)N2CCCCC2C)cc1S(N)(=O)=O. The van der Waals surface area contributed by atoms with Crippen LogP contribution in [0.4, 0.5) is 0 Å². The Labute approximate surface area is 117 Å². The molecule has 19 heavy (non-hydrogen) atoms. The highest BCUT2D eigenvalue weighted by molar-refractivity contribution is 7.89. The normalized spacial score (nSPS) is 20.6. The van der Waals surface area contributed by atoms with E-state index in [1.165, 1.54) is 17.4 Å². The number of aryl methyl sites for hydroxylation is 1. The van der Waals surface area contributed by atoms with E-state index in [0.717, 1.165) is 25.8 Å². The van der Waals surface area contributed by atoms with Crippen molar-refractivity contribution in [1.82, 2.24) is 4.90 Å². The molecular formula is C12H18N2O3S2. The molecule has 1 atom stereocenters. The van der Waals surface area contributed by atoms with Gasteiger partial charge in [-0.3, -0.25) is 4.79 Å². The minimum Gasteiger partial charge on any atom is -0.335 e. The van der Waals surface area contributed by atoms with Gasteiger partial charge in [-0.25, -0.2) is 13.6 Å². The Kier molecular flexibility index (Phi) is 3.98. The van der Waals surface area contributed by atoms with Crippen molar-refractivity contribution in [3.63, 3.8) is 0 Å². The number of sulfonamides is 1. The summed E-state index contributed by atoms with van der Waals surface area (Å²) in [6.07, 6.45) is 3.14. The number of primary sulfonamides is 1. The molecule has 0 aliphatic carbocycles. The van der Waals surface area contributed by atoms with Gasteiger partial charge in [-0.05, 0) is 39.2 Å². The van der Waals surface area contributed by atoms with Crippen LogP contribution in [0.5, 0.6) is 0 Å². The Morgan fingerprint density at radius 2 is 2.16 bits per heavy atom. The lowest BCUT2D eigenvalue weighted by molar-refractivity contribution is 0.0640. The molecule has 0 saturated carbocycles. The summed E-state index contributed by atoms with van der Waals surface area (Å²) in [4.78, 5) is 15.3. The molecule has 1 fully saturated rings. The fourth-order valence-corrected chi connectivity index (χ4v) is 4.50. The van der Waals surface area contributed by atoms with Crippen LogP contribution < -0.4 is 5.14 Å². The predicted octanol–water partition coefficient (Wildman–Crippen LogP) is 1.72. The second-order valence-corrected chi connectivity index (χ2v) is 7.71. The molecule has 1 unspecified atom stereocenters. The fraction of sp³-hybridized carbons (Fsp3) is 0.583. The number of rotatable bonds is 2. The highest BCUT2D eigenvalue weighted by atomic mass is 32.2. The molecule has 0 bridgehead atoms. The maximum absolute atomic E-state index is 12.4. The topological polar surface area (TPSA) is 80.5 Å². The van der Waals surface area contributed by atoms with E-state index in [2.05, 4.69) is 0 Å².